The predicted molar refractivity (Wildman–Crippen MR) is 133 cm³/mol. The van der Waals surface area contributed by atoms with Gasteiger partial charge < -0.3 is 19.0 Å². The van der Waals surface area contributed by atoms with E-state index in [2.05, 4.69) is 15.1 Å². The van der Waals surface area contributed by atoms with Gasteiger partial charge in [0.2, 0.25) is 21.7 Å². The first-order valence-electron chi connectivity index (χ1n) is 11.5. The lowest BCUT2D eigenvalue weighted by Crippen LogP contribution is -2.38. The number of aromatic nitrogens is 3. The van der Waals surface area contributed by atoms with Gasteiger partial charge in [0.15, 0.2) is 0 Å². The number of carbonyl (C=O) groups excluding carboxylic acids is 1. The van der Waals surface area contributed by atoms with Crippen LogP contribution in [0.5, 0.6) is 5.75 Å². The second kappa shape index (κ2) is 9.79. The molecular formula is C25H24N4O7S. The molecule has 1 aliphatic heterocycles. The molecule has 0 amide bonds. The Morgan fingerprint density at radius 2 is 1.86 bits per heavy atom. The molecule has 2 aromatic carbocycles. The van der Waals surface area contributed by atoms with Crippen molar-refractivity contribution < 1.29 is 27.2 Å². The van der Waals surface area contributed by atoms with Gasteiger partial charge in [-0.05, 0) is 49.2 Å². The average Bonchev–Trinajstić information content (AvgIpc) is 3.42. The van der Waals surface area contributed by atoms with E-state index >= 15 is 0 Å². The van der Waals surface area contributed by atoms with Crippen LogP contribution in [-0.4, -0.2) is 61.1 Å². The van der Waals surface area contributed by atoms with E-state index in [-0.39, 0.29) is 46.4 Å². The zero-order valence-electron chi connectivity index (χ0n) is 20.1. The van der Waals surface area contributed by atoms with Crippen LogP contribution in [0.25, 0.3) is 22.3 Å². The molecule has 2 aromatic heterocycles. The summed E-state index contributed by atoms with van der Waals surface area (Å²) in [6, 6.07) is 13.0. The lowest BCUT2D eigenvalue weighted by atomic mass is 9.98. The van der Waals surface area contributed by atoms with Crippen LogP contribution in [0, 0.1) is 0 Å². The highest BCUT2D eigenvalue weighted by Gasteiger charge is 2.34. The molecule has 0 aliphatic carbocycles. The van der Waals surface area contributed by atoms with Gasteiger partial charge in [0.25, 0.3) is 5.56 Å². The van der Waals surface area contributed by atoms with Gasteiger partial charge in [0.1, 0.15) is 5.75 Å². The van der Waals surface area contributed by atoms with Crippen molar-refractivity contribution in [2.75, 3.05) is 27.3 Å². The van der Waals surface area contributed by atoms with Crippen molar-refractivity contribution in [1.29, 1.82) is 0 Å². The Balaban J connectivity index is 1.34. The second-order valence-electron chi connectivity index (χ2n) is 8.59. The van der Waals surface area contributed by atoms with Gasteiger partial charge in [-0.25, -0.2) is 13.2 Å². The molecule has 5 rings (SSSR count). The number of hydrogen-bond donors (Lipinski definition) is 1. The molecule has 1 aliphatic rings. The van der Waals surface area contributed by atoms with Crippen LogP contribution >= 0.6 is 0 Å². The first-order chi connectivity index (χ1) is 17.8. The van der Waals surface area contributed by atoms with Gasteiger partial charge in [0, 0.05) is 29.9 Å². The summed E-state index contributed by atoms with van der Waals surface area (Å²) in [5.41, 5.74) is 0.554. The summed E-state index contributed by atoms with van der Waals surface area (Å²) in [5.74, 6) is 0.253. The molecule has 0 bridgehead atoms. The third-order valence-electron chi connectivity index (χ3n) is 6.45. The van der Waals surface area contributed by atoms with Crippen molar-refractivity contribution in [3.05, 3.63) is 70.3 Å². The third-order valence-corrected chi connectivity index (χ3v) is 8.40. The van der Waals surface area contributed by atoms with Crippen LogP contribution in [0.2, 0.25) is 0 Å². The zero-order chi connectivity index (χ0) is 26.2. The highest BCUT2D eigenvalue weighted by molar-refractivity contribution is 7.89. The molecule has 12 heteroatoms. The minimum Gasteiger partial charge on any atom is -0.497 e. The SMILES string of the molecule is COC(=O)c1ccccc1S(=O)(=O)N1CCC(c2nc(-c3cc4cc(OC)ccc4[nH]c3=O)no2)CC1. The molecule has 0 unspecified atom stereocenters. The van der Waals surface area contributed by atoms with E-state index < -0.39 is 16.0 Å². The fourth-order valence-electron chi connectivity index (χ4n) is 4.44. The minimum atomic E-state index is -3.91. The number of nitrogens with zero attached hydrogens (tertiary/aromatic N) is 3. The fraction of sp³-hybridized carbons (Fsp3) is 0.280. The Labute approximate surface area is 212 Å². The Kier molecular flexibility index (Phi) is 6.52. The molecule has 3 heterocycles. The minimum absolute atomic E-state index is 0.00751. The lowest BCUT2D eigenvalue weighted by molar-refractivity contribution is 0.0596. The monoisotopic (exact) mass is 524 g/mol. The number of nitrogens with one attached hydrogen (secondary N) is 1. The lowest BCUT2D eigenvalue weighted by Gasteiger charge is -2.30. The number of carbonyl (C=O) groups is 1. The number of aromatic amines is 1. The number of H-pyrrole nitrogens is 1. The first-order valence-corrected chi connectivity index (χ1v) is 13.0. The molecule has 4 aromatic rings. The molecule has 0 radical (unpaired) electrons. The maximum atomic E-state index is 13.3. The molecule has 37 heavy (non-hydrogen) atoms. The fourth-order valence-corrected chi connectivity index (χ4v) is 6.09. The van der Waals surface area contributed by atoms with Crippen molar-refractivity contribution >= 4 is 26.9 Å². The second-order valence-corrected chi connectivity index (χ2v) is 10.5. The summed E-state index contributed by atoms with van der Waals surface area (Å²) in [7, 11) is -1.14. The number of esters is 1. The number of pyridine rings is 1. The van der Waals surface area contributed by atoms with Crippen molar-refractivity contribution in [1.82, 2.24) is 19.4 Å². The van der Waals surface area contributed by atoms with Crippen LogP contribution < -0.4 is 10.3 Å². The number of rotatable bonds is 6. The molecule has 11 nitrogen and oxygen atoms in total. The van der Waals surface area contributed by atoms with Crippen molar-refractivity contribution in [2.24, 2.45) is 0 Å². The highest BCUT2D eigenvalue weighted by Crippen LogP contribution is 2.32. The number of fused-ring (bicyclic) bond motifs is 1. The Morgan fingerprint density at radius 3 is 2.59 bits per heavy atom. The summed E-state index contributed by atoms with van der Waals surface area (Å²) < 4.78 is 43.3. The van der Waals surface area contributed by atoms with Crippen LogP contribution in [0.4, 0.5) is 0 Å². The standard InChI is InChI=1S/C25H24N4O7S/c1-34-17-7-8-20-16(13-17)14-19(23(30)26-20)22-27-24(36-28-22)15-9-11-29(12-10-15)37(32,33)21-6-4-3-5-18(21)25(31)35-2/h3-8,13-15H,9-12H2,1-2H3,(H,26,30). The summed E-state index contributed by atoms with van der Waals surface area (Å²) in [5, 5.41) is 4.76. The normalized spacial score (nSPS) is 15.1. The van der Waals surface area contributed by atoms with E-state index in [1.165, 1.54) is 23.5 Å². The molecule has 1 N–H and O–H groups in total. The molecule has 1 saturated heterocycles. The molecule has 0 spiro atoms. The Bertz CT molecular complexity index is 1640. The van der Waals surface area contributed by atoms with E-state index in [0.29, 0.717) is 30.0 Å². The summed E-state index contributed by atoms with van der Waals surface area (Å²) >= 11 is 0. The van der Waals surface area contributed by atoms with Gasteiger partial charge in [-0.15, -0.1) is 0 Å². The van der Waals surface area contributed by atoms with Crippen LogP contribution in [0.1, 0.15) is 35.0 Å². The van der Waals surface area contributed by atoms with Crippen molar-refractivity contribution in [2.45, 2.75) is 23.7 Å². The predicted octanol–water partition coefficient (Wildman–Crippen LogP) is 2.94. The van der Waals surface area contributed by atoms with Gasteiger partial charge in [-0.2, -0.15) is 9.29 Å². The van der Waals surface area contributed by atoms with E-state index in [4.69, 9.17) is 14.0 Å². The van der Waals surface area contributed by atoms with E-state index in [1.54, 1.807) is 43.5 Å². The van der Waals surface area contributed by atoms with Crippen molar-refractivity contribution in [3.63, 3.8) is 0 Å². The number of methoxy groups -OCH3 is 2. The highest BCUT2D eigenvalue weighted by atomic mass is 32.2. The quantitative estimate of drug-likeness (QED) is 0.376. The third kappa shape index (κ3) is 4.60. The molecule has 0 saturated carbocycles. The van der Waals surface area contributed by atoms with Crippen LogP contribution in [0.15, 0.2) is 62.7 Å². The van der Waals surface area contributed by atoms with E-state index in [9.17, 15) is 18.0 Å². The zero-order valence-corrected chi connectivity index (χ0v) is 20.9. The van der Waals surface area contributed by atoms with Crippen LogP contribution in [-0.2, 0) is 14.8 Å². The van der Waals surface area contributed by atoms with Gasteiger partial charge in [0.05, 0.1) is 30.2 Å². The molecule has 192 valence electrons. The van der Waals surface area contributed by atoms with Gasteiger partial charge >= 0.3 is 5.97 Å². The first kappa shape index (κ1) is 24.7. The maximum absolute atomic E-state index is 13.3. The molecular weight excluding hydrogens is 500 g/mol. The topological polar surface area (TPSA) is 145 Å². The Morgan fingerprint density at radius 1 is 1.11 bits per heavy atom. The number of sulfonamides is 1. The molecule has 0 atom stereocenters. The van der Waals surface area contributed by atoms with Gasteiger partial charge in [-0.3, -0.25) is 4.79 Å². The number of hydrogen-bond acceptors (Lipinski definition) is 9. The van der Waals surface area contributed by atoms with E-state index in [0.717, 1.165) is 5.39 Å². The Hall–Kier alpha value is -4.03. The van der Waals surface area contributed by atoms with E-state index in [1.807, 2.05) is 0 Å². The van der Waals surface area contributed by atoms with Crippen LogP contribution in [0.3, 0.4) is 0 Å². The number of benzene rings is 2. The number of piperidine rings is 1. The van der Waals surface area contributed by atoms with Gasteiger partial charge in [-0.1, -0.05) is 17.3 Å². The smallest absolute Gasteiger partial charge is 0.339 e. The summed E-state index contributed by atoms with van der Waals surface area (Å²) in [6.45, 7) is 0.410. The summed E-state index contributed by atoms with van der Waals surface area (Å²) in [6.07, 6.45) is 0.874. The summed E-state index contributed by atoms with van der Waals surface area (Å²) in [4.78, 5) is 31.9. The number of ether oxygens (including phenoxy) is 2. The largest absolute Gasteiger partial charge is 0.497 e. The van der Waals surface area contributed by atoms with Crippen molar-refractivity contribution in [3.8, 4) is 17.1 Å². The maximum Gasteiger partial charge on any atom is 0.339 e. The molecule has 1 fully saturated rings. The average molecular weight is 525 g/mol.